The second kappa shape index (κ2) is 9.97. The first-order valence-electron chi connectivity index (χ1n) is 12.7. The second-order valence-electron chi connectivity index (χ2n) is 10.2. The van der Waals surface area contributed by atoms with E-state index in [2.05, 4.69) is 22.2 Å². The molecule has 0 unspecified atom stereocenters. The molecule has 3 aliphatic rings. The highest BCUT2D eigenvalue weighted by Gasteiger charge is 2.34. The summed E-state index contributed by atoms with van der Waals surface area (Å²) in [5.41, 5.74) is 1.54. The number of carbonyl (C=O) groups excluding carboxylic acids is 1. The van der Waals surface area contributed by atoms with Crippen LogP contribution in [0.5, 0.6) is 0 Å². The van der Waals surface area contributed by atoms with Crippen molar-refractivity contribution in [2.24, 2.45) is 5.92 Å². The van der Waals surface area contributed by atoms with Gasteiger partial charge < -0.3 is 20.2 Å². The van der Waals surface area contributed by atoms with Gasteiger partial charge in [-0.05, 0) is 60.9 Å². The molecule has 194 valence electrons. The topological polar surface area (TPSA) is 81.6 Å². The van der Waals surface area contributed by atoms with E-state index < -0.39 is 23.8 Å². The molecule has 5 rings (SSSR count). The summed E-state index contributed by atoms with van der Waals surface area (Å²) in [4.78, 5) is 26.4. The van der Waals surface area contributed by atoms with Gasteiger partial charge in [0.05, 0.1) is 23.3 Å². The van der Waals surface area contributed by atoms with E-state index in [0.717, 1.165) is 24.2 Å². The van der Waals surface area contributed by atoms with Crippen molar-refractivity contribution in [2.45, 2.75) is 50.3 Å². The number of anilines is 1. The second-order valence-corrected chi connectivity index (χ2v) is 10.2. The highest BCUT2D eigenvalue weighted by molar-refractivity contribution is 5.84. The Morgan fingerprint density at radius 2 is 1.86 bits per heavy atom. The van der Waals surface area contributed by atoms with Crippen LogP contribution in [0.15, 0.2) is 30.5 Å². The summed E-state index contributed by atoms with van der Waals surface area (Å²) in [6.45, 7) is 5.30. The predicted molar refractivity (Wildman–Crippen MR) is 129 cm³/mol. The number of aromatic nitrogens is 2. The van der Waals surface area contributed by atoms with Crippen LogP contribution < -0.4 is 10.2 Å². The van der Waals surface area contributed by atoms with Crippen LogP contribution in [-0.2, 0) is 11.0 Å². The zero-order valence-electron chi connectivity index (χ0n) is 20.3. The number of aliphatic hydroxyl groups is 1. The van der Waals surface area contributed by atoms with E-state index in [0.29, 0.717) is 62.3 Å². The van der Waals surface area contributed by atoms with Crippen molar-refractivity contribution in [3.63, 3.8) is 0 Å². The number of halogens is 3. The van der Waals surface area contributed by atoms with Crippen molar-refractivity contribution < 1.29 is 23.1 Å². The van der Waals surface area contributed by atoms with E-state index in [1.807, 2.05) is 4.90 Å². The average molecular weight is 504 g/mol. The maximum atomic E-state index is 13.5. The summed E-state index contributed by atoms with van der Waals surface area (Å²) in [6.07, 6.45) is -0.194. The number of alkyl halides is 3. The van der Waals surface area contributed by atoms with Crippen molar-refractivity contribution in [3.8, 4) is 0 Å². The third-order valence-corrected chi connectivity index (χ3v) is 7.55. The Balaban J connectivity index is 1.26. The van der Waals surface area contributed by atoms with E-state index in [1.165, 1.54) is 25.0 Å². The molecule has 1 aromatic carbocycles. The fourth-order valence-corrected chi connectivity index (χ4v) is 5.12. The summed E-state index contributed by atoms with van der Waals surface area (Å²) in [6, 6.07) is 4.94. The lowest BCUT2D eigenvalue weighted by Crippen LogP contribution is -2.51. The minimum Gasteiger partial charge on any atom is -0.387 e. The fraction of sp³-hybridized carbons (Fsp3) is 0.577. The molecule has 0 radical (unpaired) electrons. The molecule has 1 aliphatic heterocycles. The molecular weight excluding hydrogens is 471 g/mol. The monoisotopic (exact) mass is 503 g/mol. The molecule has 36 heavy (non-hydrogen) atoms. The Labute approximate surface area is 208 Å². The van der Waals surface area contributed by atoms with Gasteiger partial charge in [0.15, 0.2) is 0 Å². The van der Waals surface area contributed by atoms with Crippen molar-refractivity contribution in [2.75, 3.05) is 44.2 Å². The van der Waals surface area contributed by atoms with Crippen LogP contribution in [0.4, 0.5) is 19.1 Å². The largest absolute Gasteiger partial charge is 0.416 e. The molecular formula is C26H32F3N5O2. The highest BCUT2D eigenvalue weighted by atomic mass is 19.4. The number of aliphatic hydroxyl groups excluding tert-OH is 1. The zero-order valence-corrected chi connectivity index (χ0v) is 20.3. The van der Waals surface area contributed by atoms with Gasteiger partial charge >= 0.3 is 6.18 Å². The van der Waals surface area contributed by atoms with E-state index in [4.69, 9.17) is 0 Å². The third kappa shape index (κ3) is 5.34. The first-order chi connectivity index (χ1) is 17.2. The Morgan fingerprint density at radius 1 is 1.17 bits per heavy atom. The van der Waals surface area contributed by atoms with Gasteiger partial charge in [0, 0.05) is 38.9 Å². The van der Waals surface area contributed by atoms with E-state index in [-0.39, 0.29) is 11.8 Å². The fourth-order valence-electron chi connectivity index (χ4n) is 5.12. The Bertz CT molecular complexity index is 1080. The van der Waals surface area contributed by atoms with E-state index in [9.17, 15) is 23.1 Å². The highest BCUT2D eigenvalue weighted by Crippen LogP contribution is 2.39. The van der Waals surface area contributed by atoms with Gasteiger partial charge in [-0.2, -0.15) is 13.2 Å². The zero-order chi connectivity index (χ0) is 25.4. The number of nitrogens with one attached hydrogen (secondary N) is 1. The number of rotatable bonds is 7. The molecule has 0 bridgehead atoms. The number of hydrogen-bond donors (Lipinski definition) is 2. The summed E-state index contributed by atoms with van der Waals surface area (Å²) < 4.78 is 39.1. The Kier molecular flexibility index (Phi) is 6.91. The van der Waals surface area contributed by atoms with Gasteiger partial charge in [-0.15, -0.1) is 0 Å². The molecule has 1 aromatic heterocycles. The standard InChI is InChI=1S/C26H32F3N5O2/c1-16-12-22(35)23-20(16)15-31-25(32-23)34-10-8-33(9-11-34)24(36)21(14-30-13-17-2-3-17)18-4-6-19(7-5-18)26(27,28)29/h4-7,15-17,21-22,30,35H,2-3,8-14H2,1H3/t16-,21-,22+/m1/s1. The smallest absolute Gasteiger partial charge is 0.387 e. The third-order valence-electron chi connectivity index (χ3n) is 7.55. The van der Waals surface area contributed by atoms with Crippen LogP contribution in [0, 0.1) is 5.92 Å². The Hall–Kier alpha value is -2.72. The van der Waals surface area contributed by atoms with Gasteiger partial charge in [-0.3, -0.25) is 4.79 Å². The lowest BCUT2D eigenvalue weighted by Gasteiger charge is -2.36. The first kappa shape index (κ1) is 25.0. The van der Waals surface area contributed by atoms with Crippen molar-refractivity contribution in [1.29, 1.82) is 0 Å². The van der Waals surface area contributed by atoms with E-state index in [1.54, 1.807) is 11.1 Å². The Morgan fingerprint density at radius 3 is 2.50 bits per heavy atom. The molecule has 2 heterocycles. The van der Waals surface area contributed by atoms with Crippen molar-refractivity contribution in [1.82, 2.24) is 20.2 Å². The minimum atomic E-state index is -4.41. The summed E-state index contributed by atoms with van der Waals surface area (Å²) in [5.74, 6) is 0.779. The van der Waals surface area contributed by atoms with Crippen LogP contribution in [0.3, 0.4) is 0 Å². The molecule has 1 saturated heterocycles. The molecule has 7 nitrogen and oxygen atoms in total. The molecule has 1 amide bonds. The molecule has 10 heteroatoms. The van der Waals surface area contributed by atoms with Crippen LogP contribution in [0.2, 0.25) is 0 Å². The van der Waals surface area contributed by atoms with Crippen molar-refractivity contribution >= 4 is 11.9 Å². The summed E-state index contributed by atoms with van der Waals surface area (Å²) in [5, 5.41) is 13.7. The molecule has 3 atom stereocenters. The molecule has 2 N–H and O–H groups in total. The number of fused-ring (bicyclic) bond motifs is 1. The number of piperazine rings is 1. The average Bonchev–Trinajstić information content (AvgIpc) is 3.65. The molecule has 2 fully saturated rings. The number of carbonyl (C=O) groups is 1. The quantitative estimate of drug-likeness (QED) is 0.602. The molecule has 2 aromatic rings. The van der Waals surface area contributed by atoms with E-state index >= 15 is 0 Å². The normalized spacial score (nSPS) is 23.0. The summed E-state index contributed by atoms with van der Waals surface area (Å²) in [7, 11) is 0. The molecule has 0 spiro atoms. The molecule has 2 aliphatic carbocycles. The van der Waals surface area contributed by atoms with Gasteiger partial charge in [-0.25, -0.2) is 9.97 Å². The lowest BCUT2D eigenvalue weighted by molar-refractivity contribution is -0.137. The number of nitrogens with zero attached hydrogens (tertiary/aromatic N) is 4. The van der Waals surface area contributed by atoms with Gasteiger partial charge in [-0.1, -0.05) is 19.1 Å². The van der Waals surface area contributed by atoms with Crippen molar-refractivity contribution in [3.05, 3.63) is 52.8 Å². The van der Waals surface area contributed by atoms with Crippen LogP contribution in [0.1, 0.15) is 66.5 Å². The lowest BCUT2D eigenvalue weighted by atomic mass is 9.95. The number of benzene rings is 1. The van der Waals surface area contributed by atoms with Gasteiger partial charge in [0.25, 0.3) is 0 Å². The molecule has 1 saturated carbocycles. The maximum Gasteiger partial charge on any atom is 0.416 e. The minimum absolute atomic E-state index is 0.0863. The van der Waals surface area contributed by atoms with Gasteiger partial charge in [0.1, 0.15) is 0 Å². The van der Waals surface area contributed by atoms with Crippen LogP contribution in [-0.4, -0.2) is 65.2 Å². The van der Waals surface area contributed by atoms with Crippen LogP contribution in [0.25, 0.3) is 0 Å². The maximum absolute atomic E-state index is 13.5. The number of amides is 1. The first-order valence-corrected chi connectivity index (χ1v) is 12.7. The van der Waals surface area contributed by atoms with Crippen LogP contribution >= 0.6 is 0 Å². The predicted octanol–water partition coefficient (Wildman–Crippen LogP) is 3.47. The number of hydrogen-bond acceptors (Lipinski definition) is 6. The van der Waals surface area contributed by atoms with Gasteiger partial charge in [0.2, 0.25) is 11.9 Å². The summed E-state index contributed by atoms with van der Waals surface area (Å²) >= 11 is 0. The SMILES string of the molecule is C[C@@H]1C[C@H](O)c2nc(N3CCN(C(=O)[C@H](CNCC4CC4)c4ccc(C(F)(F)F)cc4)CC3)ncc21.